The fraction of sp³-hybridized carbons (Fsp3) is 0.250. The maximum Gasteiger partial charge on any atom is 0.230 e. The van der Waals surface area contributed by atoms with Crippen molar-refractivity contribution in [2.24, 2.45) is 5.73 Å². The largest absolute Gasteiger partial charge is 0.511 e. The minimum absolute atomic E-state index is 0.249. The van der Waals surface area contributed by atoms with Crippen molar-refractivity contribution in [2.75, 3.05) is 25.5 Å². The van der Waals surface area contributed by atoms with E-state index in [1.54, 1.807) is 12.3 Å². The molecule has 33 heavy (non-hydrogen) atoms. The average Bonchev–Trinajstić information content (AvgIpc) is 2.79. The Morgan fingerprint density at radius 1 is 1.21 bits per heavy atom. The molecule has 1 aromatic carbocycles. The number of hydrogen-bond acceptors (Lipinski definition) is 8. The van der Waals surface area contributed by atoms with E-state index in [-0.39, 0.29) is 6.54 Å². The lowest BCUT2D eigenvalue weighted by Gasteiger charge is -2.17. The molecule has 2 heterocycles. The predicted octanol–water partition coefficient (Wildman–Crippen LogP) is 4.50. The number of halogens is 1. The quantitative estimate of drug-likeness (QED) is 0.375. The van der Waals surface area contributed by atoms with Crippen LogP contribution < -0.4 is 11.1 Å². The van der Waals surface area contributed by atoms with E-state index in [1.165, 1.54) is 6.33 Å². The minimum atomic E-state index is 0.249. The first kappa shape index (κ1) is 24.3. The molecule has 9 heteroatoms. The number of allylic oxidation sites excluding steroid dienone is 1. The third-order valence-electron chi connectivity index (χ3n) is 4.62. The van der Waals surface area contributed by atoms with Crippen molar-refractivity contribution < 1.29 is 5.11 Å². The first-order valence-electron chi connectivity index (χ1n) is 10.6. The number of rotatable bonds is 10. The number of benzene rings is 1. The zero-order valence-electron chi connectivity index (χ0n) is 18.7. The topological polar surface area (TPSA) is 113 Å². The lowest BCUT2D eigenvalue weighted by molar-refractivity contribution is 0.283. The third-order valence-corrected chi connectivity index (χ3v) is 4.88. The highest BCUT2D eigenvalue weighted by Crippen LogP contribution is 2.20. The summed E-state index contributed by atoms with van der Waals surface area (Å²) in [6.07, 6.45) is 7.49. The van der Waals surface area contributed by atoms with Gasteiger partial charge in [0.05, 0.1) is 12.2 Å². The van der Waals surface area contributed by atoms with E-state index in [2.05, 4.69) is 25.3 Å². The van der Waals surface area contributed by atoms with Crippen molar-refractivity contribution in [3.8, 4) is 11.4 Å². The van der Waals surface area contributed by atoms with E-state index in [0.29, 0.717) is 41.3 Å². The molecule has 0 atom stereocenters. The number of nitrogens with two attached hydrogens (primary N) is 1. The van der Waals surface area contributed by atoms with E-state index < -0.39 is 0 Å². The van der Waals surface area contributed by atoms with Gasteiger partial charge in [-0.25, -0.2) is 9.97 Å². The lowest BCUT2D eigenvalue weighted by Crippen LogP contribution is -2.20. The minimum Gasteiger partial charge on any atom is -0.511 e. The Morgan fingerprint density at radius 3 is 2.85 bits per heavy atom. The molecule has 3 aromatic rings. The van der Waals surface area contributed by atoms with Crippen LogP contribution in [-0.4, -0.2) is 50.1 Å². The number of aliphatic hydroxyl groups is 1. The normalized spacial score (nSPS) is 12.3. The number of likely N-dealkylation sites (N-methyl/N-ethyl adjacent to an activating group) is 1. The molecule has 4 N–H and O–H groups in total. The maximum atomic E-state index is 9.91. The first-order valence-corrected chi connectivity index (χ1v) is 11.0. The van der Waals surface area contributed by atoms with Gasteiger partial charge >= 0.3 is 0 Å². The van der Waals surface area contributed by atoms with Crippen LogP contribution in [0, 0.1) is 0 Å². The Kier molecular flexibility index (Phi) is 8.88. The van der Waals surface area contributed by atoms with Crippen LogP contribution in [0.15, 0.2) is 65.8 Å². The van der Waals surface area contributed by atoms with Crippen LogP contribution in [0.4, 0.5) is 11.6 Å². The van der Waals surface area contributed by atoms with Gasteiger partial charge in [0.25, 0.3) is 0 Å². The molecule has 3 rings (SSSR count). The summed E-state index contributed by atoms with van der Waals surface area (Å²) in [6.45, 7) is 3.44. The summed E-state index contributed by atoms with van der Waals surface area (Å²) in [5.41, 5.74) is 8.97. The highest BCUT2D eigenvalue weighted by atomic mass is 35.5. The van der Waals surface area contributed by atoms with Crippen molar-refractivity contribution in [3.63, 3.8) is 0 Å². The highest BCUT2D eigenvalue weighted by molar-refractivity contribution is 6.31. The Labute approximate surface area is 198 Å². The molecular weight excluding hydrogens is 438 g/mol. The molecule has 2 aromatic heterocycles. The summed E-state index contributed by atoms with van der Waals surface area (Å²) in [6, 6.07) is 11.7. The van der Waals surface area contributed by atoms with Gasteiger partial charge in [0, 0.05) is 35.6 Å². The van der Waals surface area contributed by atoms with Crippen LogP contribution in [0.3, 0.4) is 0 Å². The molecule has 8 nitrogen and oxygen atoms in total. The van der Waals surface area contributed by atoms with Gasteiger partial charge in [-0.05, 0) is 55.4 Å². The van der Waals surface area contributed by atoms with Crippen LogP contribution in [-0.2, 0) is 6.54 Å². The van der Waals surface area contributed by atoms with E-state index in [9.17, 15) is 5.11 Å². The lowest BCUT2D eigenvalue weighted by atomic mass is 10.2. The molecule has 0 spiro atoms. The molecule has 0 aliphatic carbocycles. The molecule has 0 aliphatic rings. The Hall–Kier alpha value is -3.33. The molecule has 0 saturated heterocycles. The van der Waals surface area contributed by atoms with Crippen LogP contribution in [0.2, 0.25) is 0 Å². The fourth-order valence-corrected chi connectivity index (χ4v) is 3.31. The molecule has 0 fully saturated rings. The van der Waals surface area contributed by atoms with Gasteiger partial charge in [-0.3, -0.25) is 9.88 Å². The summed E-state index contributed by atoms with van der Waals surface area (Å²) < 4.78 is 0. The number of nitrogens with one attached hydrogen (secondary N) is 1. The Morgan fingerprint density at radius 2 is 2.06 bits per heavy atom. The summed E-state index contributed by atoms with van der Waals surface area (Å²) in [5, 5.41) is 13.7. The summed E-state index contributed by atoms with van der Waals surface area (Å²) in [7, 11) is 1.97. The number of anilines is 2. The van der Waals surface area contributed by atoms with E-state index in [4.69, 9.17) is 17.3 Å². The second-order valence-corrected chi connectivity index (χ2v) is 7.98. The molecule has 172 valence electrons. The van der Waals surface area contributed by atoms with Gasteiger partial charge in [0.1, 0.15) is 12.1 Å². The number of aliphatic hydroxyl groups excluding tert-OH is 1. The number of hydrogen-bond donors (Lipinski definition) is 3. The molecular formula is C24H28ClN7O. The molecule has 0 saturated carbocycles. The second kappa shape index (κ2) is 12.1. The van der Waals surface area contributed by atoms with Gasteiger partial charge in [0.15, 0.2) is 5.82 Å². The third kappa shape index (κ3) is 7.64. The molecule has 0 bridgehead atoms. The molecule has 0 radical (unpaired) electrons. The van der Waals surface area contributed by atoms with Crippen molar-refractivity contribution >= 4 is 29.3 Å². The van der Waals surface area contributed by atoms with Crippen LogP contribution in [0.5, 0.6) is 0 Å². The molecule has 0 aliphatic heterocycles. The number of pyridine rings is 1. The van der Waals surface area contributed by atoms with Gasteiger partial charge in [-0.2, -0.15) is 4.98 Å². The standard InChI is InChI=1S/C24H28ClN7O/c1-3-5-22(33)15-32(2)14-17-6-4-7-20(10-17)30-24-29-16-28-23(31-24)18-8-9-27-21(11-18)12-19(25)13-26/h4-12,16,33H,3,13-15,26H2,1-2H3,(H,28,29,30,31)/b19-12-,22-5?. The maximum absolute atomic E-state index is 9.91. The predicted molar refractivity (Wildman–Crippen MR) is 133 cm³/mol. The number of aromatic nitrogens is 4. The summed E-state index contributed by atoms with van der Waals surface area (Å²) in [5.74, 6) is 1.33. The Balaban J connectivity index is 1.73. The van der Waals surface area contributed by atoms with Crippen molar-refractivity contribution in [1.29, 1.82) is 0 Å². The van der Waals surface area contributed by atoms with Crippen molar-refractivity contribution in [1.82, 2.24) is 24.8 Å². The van der Waals surface area contributed by atoms with Crippen molar-refractivity contribution in [2.45, 2.75) is 19.9 Å². The van der Waals surface area contributed by atoms with E-state index in [1.807, 2.05) is 61.3 Å². The van der Waals surface area contributed by atoms with Gasteiger partial charge in [0.2, 0.25) is 5.95 Å². The smallest absolute Gasteiger partial charge is 0.230 e. The monoisotopic (exact) mass is 465 g/mol. The molecule has 0 unspecified atom stereocenters. The van der Waals surface area contributed by atoms with Crippen LogP contribution >= 0.6 is 11.6 Å². The summed E-state index contributed by atoms with van der Waals surface area (Å²) >= 11 is 6.02. The van der Waals surface area contributed by atoms with Gasteiger partial charge in [-0.15, -0.1) is 0 Å². The molecule has 0 amide bonds. The fourth-order valence-electron chi connectivity index (χ4n) is 3.20. The second-order valence-electron chi connectivity index (χ2n) is 7.50. The zero-order chi connectivity index (χ0) is 23.6. The van der Waals surface area contributed by atoms with Crippen LogP contribution in [0.1, 0.15) is 24.6 Å². The van der Waals surface area contributed by atoms with Crippen LogP contribution in [0.25, 0.3) is 17.5 Å². The Bertz CT molecular complexity index is 1130. The first-order chi connectivity index (χ1) is 16.0. The van der Waals surface area contributed by atoms with Gasteiger partial charge in [-0.1, -0.05) is 30.7 Å². The summed E-state index contributed by atoms with van der Waals surface area (Å²) in [4.78, 5) is 19.4. The van der Waals surface area contributed by atoms with E-state index in [0.717, 1.165) is 23.2 Å². The zero-order valence-corrected chi connectivity index (χ0v) is 19.5. The van der Waals surface area contributed by atoms with Gasteiger partial charge < -0.3 is 16.2 Å². The average molecular weight is 466 g/mol. The SMILES string of the molecule is CCC=C(O)CN(C)Cc1cccc(Nc2ncnc(-c3ccnc(/C=C(\Cl)CN)c3)n2)c1. The number of nitrogens with zero attached hydrogens (tertiary/aromatic N) is 5. The van der Waals surface area contributed by atoms with E-state index >= 15 is 0 Å². The highest BCUT2D eigenvalue weighted by Gasteiger charge is 2.08. The van der Waals surface area contributed by atoms with Crippen molar-refractivity contribution in [3.05, 3.63) is 77.0 Å².